The molecule has 0 aromatic heterocycles. The summed E-state index contributed by atoms with van der Waals surface area (Å²) in [6.07, 6.45) is 4.43. The van der Waals surface area contributed by atoms with Crippen LogP contribution >= 0.6 is 0 Å². The van der Waals surface area contributed by atoms with E-state index in [-0.39, 0.29) is 5.91 Å². The van der Waals surface area contributed by atoms with Crippen molar-refractivity contribution in [3.63, 3.8) is 0 Å². The average molecular weight is 245 g/mol. The standard InChI is InChI=1S/C16H23NO/c1-4-6-10-17-15(7-5-2)13-9-8-12(3)11-14(13)16(17)18/h8-9,11,15H,4-7,10H2,1-3H3. The molecule has 1 unspecified atom stereocenters. The van der Waals surface area contributed by atoms with Gasteiger partial charge in [-0.2, -0.15) is 0 Å². The Morgan fingerprint density at radius 1 is 1.22 bits per heavy atom. The van der Waals surface area contributed by atoms with E-state index in [0.29, 0.717) is 6.04 Å². The monoisotopic (exact) mass is 245 g/mol. The lowest BCUT2D eigenvalue weighted by Crippen LogP contribution is -2.29. The zero-order valence-corrected chi connectivity index (χ0v) is 11.7. The Balaban J connectivity index is 2.31. The van der Waals surface area contributed by atoms with Gasteiger partial charge in [-0.25, -0.2) is 0 Å². The molecule has 0 spiro atoms. The third-order valence-electron chi connectivity index (χ3n) is 3.75. The molecule has 1 aliphatic rings. The van der Waals surface area contributed by atoms with Gasteiger partial charge in [0.05, 0.1) is 6.04 Å². The van der Waals surface area contributed by atoms with Gasteiger partial charge in [0, 0.05) is 12.1 Å². The zero-order valence-electron chi connectivity index (χ0n) is 11.7. The van der Waals surface area contributed by atoms with Crippen molar-refractivity contribution in [2.24, 2.45) is 0 Å². The first-order valence-electron chi connectivity index (χ1n) is 7.10. The highest BCUT2D eigenvalue weighted by atomic mass is 16.2. The van der Waals surface area contributed by atoms with E-state index < -0.39 is 0 Å². The van der Waals surface area contributed by atoms with Crippen molar-refractivity contribution in [2.45, 2.75) is 52.5 Å². The minimum absolute atomic E-state index is 0.237. The van der Waals surface area contributed by atoms with Gasteiger partial charge in [-0.1, -0.05) is 44.4 Å². The summed E-state index contributed by atoms with van der Waals surface area (Å²) in [6, 6.07) is 6.63. The highest BCUT2D eigenvalue weighted by molar-refractivity contribution is 5.99. The molecule has 2 nitrogen and oxygen atoms in total. The van der Waals surface area contributed by atoms with Crippen LogP contribution in [0.15, 0.2) is 18.2 Å². The normalized spacial score (nSPS) is 18.3. The number of hydrogen-bond acceptors (Lipinski definition) is 1. The molecule has 0 saturated heterocycles. The third-order valence-corrected chi connectivity index (χ3v) is 3.75. The Labute approximate surface area is 110 Å². The number of benzene rings is 1. The Morgan fingerprint density at radius 2 is 2.00 bits per heavy atom. The lowest BCUT2D eigenvalue weighted by molar-refractivity contribution is 0.0714. The lowest BCUT2D eigenvalue weighted by Gasteiger charge is -2.25. The average Bonchev–Trinajstić information content (AvgIpc) is 2.61. The molecular formula is C16H23NO. The highest BCUT2D eigenvalue weighted by Crippen LogP contribution is 2.37. The van der Waals surface area contributed by atoms with Crippen molar-refractivity contribution >= 4 is 5.91 Å². The van der Waals surface area contributed by atoms with Crippen LogP contribution < -0.4 is 0 Å². The molecule has 1 aromatic rings. The van der Waals surface area contributed by atoms with E-state index in [4.69, 9.17) is 0 Å². The highest BCUT2D eigenvalue weighted by Gasteiger charge is 2.35. The van der Waals surface area contributed by atoms with Crippen LogP contribution in [-0.2, 0) is 0 Å². The fourth-order valence-electron chi connectivity index (χ4n) is 2.78. The van der Waals surface area contributed by atoms with Crippen LogP contribution in [0.5, 0.6) is 0 Å². The van der Waals surface area contributed by atoms with Crippen LogP contribution in [0.3, 0.4) is 0 Å². The van der Waals surface area contributed by atoms with Crippen LogP contribution in [0.4, 0.5) is 0 Å². The summed E-state index contributed by atoms with van der Waals surface area (Å²) in [5, 5.41) is 0. The summed E-state index contributed by atoms with van der Waals surface area (Å²) >= 11 is 0. The summed E-state index contributed by atoms with van der Waals surface area (Å²) < 4.78 is 0. The van der Waals surface area contributed by atoms with Gasteiger partial charge in [-0.05, 0) is 31.4 Å². The zero-order chi connectivity index (χ0) is 13.1. The van der Waals surface area contributed by atoms with Crippen molar-refractivity contribution in [3.8, 4) is 0 Å². The maximum absolute atomic E-state index is 12.5. The molecule has 98 valence electrons. The summed E-state index contributed by atoms with van der Waals surface area (Å²) in [5.41, 5.74) is 3.35. The van der Waals surface area contributed by atoms with Gasteiger partial charge >= 0.3 is 0 Å². The lowest BCUT2D eigenvalue weighted by atomic mass is 9.99. The largest absolute Gasteiger partial charge is 0.332 e. The summed E-state index contributed by atoms with van der Waals surface area (Å²) in [4.78, 5) is 14.5. The van der Waals surface area contributed by atoms with E-state index >= 15 is 0 Å². The maximum atomic E-state index is 12.5. The molecule has 1 aromatic carbocycles. The van der Waals surface area contributed by atoms with Gasteiger partial charge in [0.2, 0.25) is 0 Å². The predicted octanol–water partition coefficient (Wildman–Crippen LogP) is 4.09. The molecule has 0 saturated carbocycles. The molecule has 0 aliphatic carbocycles. The van der Waals surface area contributed by atoms with Crippen LogP contribution in [0.25, 0.3) is 0 Å². The van der Waals surface area contributed by atoms with E-state index in [1.54, 1.807) is 0 Å². The fourth-order valence-corrected chi connectivity index (χ4v) is 2.78. The Hall–Kier alpha value is -1.31. The SMILES string of the molecule is CCCCN1C(=O)c2cc(C)ccc2C1CCC. The van der Waals surface area contributed by atoms with Gasteiger partial charge in [0.1, 0.15) is 0 Å². The van der Waals surface area contributed by atoms with Crippen molar-refractivity contribution in [2.75, 3.05) is 6.54 Å². The second-order valence-corrected chi connectivity index (χ2v) is 5.25. The number of carbonyl (C=O) groups excluding carboxylic acids is 1. The van der Waals surface area contributed by atoms with E-state index in [2.05, 4.69) is 37.8 Å². The molecule has 18 heavy (non-hydrogen) atoms. The van der Waals surface area contributed by atoms with Gasteiger partial charge in [0.15, 0.2) is 0 Å². The Morgan fingerprint density at radius 3 is 2.67 bits per heavy atom. The molecule has 0 fully saturated rings. The summed E-state index contributed by atoms with van der Waals surface area (Å²) in [7, 11) is 0. The predicted molar refractivity (Wildman–Crippen MR) is 74.8 cm³/mol. The number of unbranched alkanes of at least 4 members (excludes halogenated alkanes) is 1. The fraction of sp³-hybridized carbons (Fsp3) is 0.562. The Bertz CT molecular complexity index is 439. The van der Waals surface area contributed by atoms with Gasteiger partial charge < -0.3 is 4.90 Å². The van der Waals surface area contributed by atoms with Crippen molar-refractivity contribution in [1.82, 2.24) is 4.90 Å². The van der Waals surface area contributed by atoms with E-state index in [0.717, 1.165) is 37.8 Å². The van der Waals surface area contributed by atoms with Crippen LogP contribution in [-0.4, -0.2) is 17.4 Å². The molecule has 2 rings (SSSR count). The molecule has 1 atom stereocenters. The number of amides is 1. The van der Waals surface area contributed by atoms with Crippen molar-refractivity contribution in [3.05, 3.63) is 34.9 Å². The Kier molecular flexibility index (Phi) is 4.05. The first-order valence-corrected chi connectivity index (χ1v) is 7.10. The molecule has 1 heterocycles. The number of fused-ring (bicyclic) bond motifs is 1. The molecule has 0 radical (unpaired) electrons. The van der Waals surface area contributed by atoms with Crippen LogP contribution in [0.1, 0.15) is 67.1 Å². The van der Waals surface area contributed by atoms with Crippen molar-refractivity contribution < 1.29 is 4.79 Å². The van der Waals surface area contributed by atoms with Gasteiger partial charge in [0.25, 0.3) is 5.91 Å². The number of carbonyl (C=O) groups is 1. The van der Waals surface area contributed by atoms with E-state index in [1.165, 1.54) is 11.1 Å². The van der Waals surface area contributed by atoms with Crippen LogP contribution in [0, 0.1) is 6.92 Å². The summed E-state index contributed by atoms with van der Waals surface area (Å²) in [5.74, 6) is 0.237. The maximum Gasteiger partial charge on any atom is 0.254 e. The molecule has 0 bridgehead atoms. The van der Waals surface area contributed by atoms with Gasteiger partial charge in [-0.3, -0.25) is 4.79 Å². The minimum atomic E-state index is 0.237. The van der Waals surface area contributed by atoms with E-state index in [1.807, 2.05) is 6.07 Å². The molecule has 2 heteroatoms. The van der Waals surface area contributed by atoms with E-state index in [9.17, 15) is 4.79 Å². The smallest absolute Gasteiger partial charge is 0.254 e. The molecule has 0 N–H and O–H groups in total. The minimum Gasteiger partial charge on any atom is -0.332 e. The molecule has 1 aliphatic heterocycles. The van der Waals surface area contributed by atoms with Crippen molar-refractivity contribution in [1.29, 1.82) is 0 Å². The quantitative estimate of drug-likeness (QED) is 0.765. The number of rotatable bonds is 5. The second-order valence-electron chi connectivity index (χ2n) is 5.25. The number of hydrogen-bond donors (Lipinski definition) is 0. The first kappa shape index (κ1) is 13.1. The number of aryl methyl sites for hydroxylation is 1. The summed E-state index contributed by atoms with van der Waals surface area (Å²) in [6.45, 7) is 7.31. The molecular weight excluding hydrogens is 222 g/mol. The van der Waals surface area contributed by atoms with Gasteiger partial charge in [-0.15, -0.1) is 0 Å². The van der Waals surface area contributed by atoms with Crippen LogP contribution in [0.2, 0.25) is 0 Å². The second kappa shape index (κ2) is 5.55. The first-order chi connectivity index (χ1) is 8.69. The third kappa shape index (κ3) is 2.29. The number of nitrogens with zero attached hydrogens (tertiary/aromatic N) is 1. The molecule has 1 amide bonds. The topological polar surface area (TPSA) is 20.3 Å².